The number of anilines is 3. The predicted molar refractivity (Wildman–Crippen MR) is 106 cm³/mol. The first-order valence-corrected chi connectivity index (χ1v) is 8.52. The molecule has 128 valence electrons. The molecule has 0 unspecified atom stereocenters. The van der Waals surface area contributed by atoms with Crippen molar-refractivity contribution in [3.8, 4) is 11.3 Å². The maximum Gasteiger partial charge on any atom is 0.225 e. The summed E-state index contributed by atoms with van der Waals surface area (Å²) in [5.74, 6) is 1.29. The number of nitrogens with one attached hydrogen (secondary N) is 2. The van der Waals surface area contributed by atoms with Crippen LogP contribution in [0.4, 0.5) is 17.5 Å². The normalized spacial score (nSPS) is 11.2. The van der Waals surface area contributed by atoms with Crippen LogP contribution in [-0.2, 0) is 0 Å². The average molecular weight is 353 g/mol. The van der Waals surface area contributed by atoms with E-state index in [0.717, 1.165) is 16.9 Å². The van der Waals surface area contributed by atoms with E-state index in [1.54, 1.807) is 0 Å². The van der Waals surface area contributed by atoms with Gasteiger partial charge in [-0.15, -0.1) is 0 Å². The average Bonchev–Trinajstić information content (AvgIpc) is 2.54. The summed E-state index contributed by atoms with van der Waals surface area (Å²) in [6.45, 7) is 6.24. The number of aromatic nitrogens is 2. The first kappa shape index (κ1) is 17.2. The zero-order valence-corrected chi connectivity index (χ0v) is 15.3. The molecule has 0 amide bonds. The van der Waals surface area contributed by atoms with Crippen molar-refractivity contribution in [2.45, 2.75) is 26.3 Å². The maximum atomic E-state index is 6.07. The third-order valence-electron chi connectivity index (χ3n) is 3.38. The Labute approximate surface area is 153 Å². The van der Waals surface area contributed by atoms with Gasteiger partial charge in [-0.25, -0.2) is 4.98 Å². The lowest BCUT2D eigenvalue weighted by molar-refractivity contribution is 0.626. The van der Waals surface area contributed by atoms with Crippen LogP contribution >= 0.6 is 11.6 Å². The number of hydrogen-bond acceptors (Lipinski definition) is 4. The highest BCUT2D eigenvalue weighted by Crippen LogP contribution is 2.25. The van der Waals surface area contributed by atoms with Crippen LogP contribution in [0.2, 0.25) is 5.02 Å². The van der Waals surface area contributed by atoms with Gasteiger partial charge >= 0.3 is 0 Å². The van der Waals surface area contributed by atoms with Gasteiger partial charge in [0.15, 0.2) is 0 Å². The maximum absolute atomic E-state index is 6.07. The molecule has 0 fully saturated rings. The molecule has 0 aliphatic heterocycles. The molecule has 1 heterocycles. The number of benzene rings is 2. The Morgan fingerprint density at radius 3 is 2.32 bits per heavy atom. The SMILES string of the molecule is CC(C)(C)Nc1nc(Nc2cccc(Cl)c2)cc(-c2ccccc2)n1. The second kappa shape index (κ2) is 7.11. The van der Waals surface area contributed by atoms with Crippen LogP contribution in [0.25, 0.3) is 11.3 Å². The molecule has 0 aliphatic carbocycles. The summed E-state index contributed by atoms with van der Waals surface area (Å²) >= 11 is 6.07. The molecule has 3 rings (SSSR count). The summed E-state index contributed by atoms with van der Waals surface area (Å²) in [6.07, 6.45) is 0. The highest BCUT2D eigenvalue weighted by atomic mass is 35.5. The predicted octanol–water partition coefficient (Wildman–Crippen LogP) is 5.75. The third-order valence-corrected chi connectivity index (χ3v) is 3.61. The van der Waals surface area contributed by atoms with Crippen molar-refractivity contribution in [1.82, 2.24) is 9.97 Å². The van der Waals surface area contributed by atoms with Crippen molar-refractivity contribution in [3.63, 3.8) is 0 Å². The van der Waals surface area contributed by atoms with Gasteiger partial charge in [0.25, 0.3) is 0 Å². The van der Waals surface area contributed by atoms with Crippen molar-refractivity contribution in [2.24, 2.45) is 0 Å². The minimum absolute atomic E-state index is 0.136. The quantitative estimate of drug-likeness (QED) is 0.627. The van der Waals surface area contributed by atoms with Crippen molar-refractivity contribution < 1.29 is 0 Å². The Hall–Kier alpha value is -2.59. The Balaban J connectivity index is 2.00. The van der Waals surface area contributed by atoms with Gasteiger partial charge in [0.1, 0.15) is 5.82 Å². The molecular weight excluding hydrogens is 332 g/mol. The molecule has 0 radical (unpaired) electrons. The molecule has 1 aromatic heterocycles. The van der Waals surface area contributed by atoms with Gasteiger partial charge in [0.05, 0.1) is 5.69 Å². The molecule has 0 aliphatic rings. The van der Waals surface area contributed by atoms with Crippen molar-refractivity contribution >= 4 is 29.1 Å². The first-order chi connectivity index (χ1) is 11.9. The van der Waals surface area contributed by atoms with Crippen molar-refractivity contribution in [3.05, 3.63) is 65.7 Å². The van der Waals surface area contributed by atoms with E-state index in [1.807, 2.05) is 60.7 Å². The lowest BCUT2D eigenvalue weighted by atomic mass is 10.1. The number of rotatable bonds is 4. The lowest BCUT2D eigenvalue weighted by Crippen LogP contribution is -2.27. The molecule has 2 aromatic carbocycles. The molecule has 5 heteroatoms. The van der Waals surface area contributed by atoms with Gasteiger partial charge in [-0.05, 0) is 39.0 Å². The molecule has 25 heavy (non-hydrogen) atoms. The van der Waals surface area contributed by atoms with Crippen LogP contribution in [0.5, 0.6) is 0 Å². The summed E-state index contributed by atoms with van der Waals surface area (Å²) in [7, 11) is 0. The van der Waals surface area contributed by atoms with E-state index in [1.165, 1.54) is 0 Å². The molecule has 0 bridgehead atoms. The fourth-order valence-electron chi connectivity index (χ4n) is 2.37. The topological polar surface area (TPSA) is 49.8 Å². The monoisotopic (exact) mass is 352 g/mol. The van der Waals surface area contributed by atoms with Gasteiger partial charge < -0.3 is 10.6 Å². The van der Waals surface area contributed by atoms with E-state index >= 15 is 0 Å². The fourth-order valence-corrected chi connectivity index (χ4v) is 2.56. The summed E-state index contributed by atoms with van der Waals surface area (Å²) in [5, 5.41) is 7.32. The highest BCUT2D eigenvalue weighted by molar-refractivity contribution is 6.30. The van der Waals surface area contributed by atoms with Gasteiger partial charge in [-0.3, -0.25) is 0 Å². The third kappa shape index (κ3) is 4.94. The van der Waals surface area contributed by atoms with E-state index in [-0.39, 0.29) is 5.54 Å². The zero-order valence-electron chi connectivity index (χ0n) is 14.5. The second-order valence-electron chi connectivity index (χ2n) is 6.84. The number of hydrogen-bond donors (Lipinski definition) is 2. The zero-order chi connectivity index (χ0) is 17.9. The largest absolute Gasteiger partial charge is 0.350 e. The molecule has 4 nitrogen and oxygen atoms in total. The molecule has 3 aromatic rings. The molecule has 0 atom stereocenters. The Kier molecular flexibility index (Phi) is 4.91. The Bertz CT molecular complexity index is 857. The van der Waals surface area contributed by atoms with Gasteiger partial charge in [0.2, 0.25) is 5.95 Å². The molecule has 2 N–H and O–H groups in total. The molecular formula is C20H21ClN4. The summed E-state index contributed by atoms with van der Waals surface area (Å²) in [4.78, 5) is 9.25. The van der Waals surface area contributed by atoms with Gasteiger partial charge in [-0.2, -0.15) is 4.98 Å². The fraction of sp³-hybridized carbons (Fsp3) is 0.200. The minimum Gasteiger partial charge on any atom is -0.350 e. The van der Waals surface area contributed by atoms with Crippen LogP contribution < -0.4 is 10.6 Å². The lowest BCUT2D eigenvalue weighted by Gasteiger charge is -2.21. The van der Waals surface area contributed by atoms with Crippen molar-refractivity contribution in [2.75, 3.05) is 10.6 Å². The molecule has 0 spiro atoms. The standard InChI is InChI=1S/C20H21ClN4/c1-20(2,3)25-19-23-17(14-8-5-4-6-9-14)13-18(24-19)22-16-11-7-10-15(21)12-16/h4-13H,1-3H3,(H2,22,23,24,25). The van der Waals surface area contributed by atoms with Crippen molar-refractivity contribution in [1.29, 1.82) is 0 Å². The van der Waals surface area contributed by atoms with E-state index in [0.29, 0.717) is 16.8 Å². The van der Waals surface area contributed by atoms with Crippen LogP contribution in [0, 0.1) is 0 Å². The second-order valence-corrected chi connectivity index (χ2v) is 7.27. The van der Waals surface area contributed by atoms with E-state index in [2.05, 4.69) is 41.4 Å². The molecule has 0 saturated carbocycles. The van der Waals surface area contributed by atoms with Crippen LogP contribution in [0.15, 0.2) is 60.7 Å². The van der Waals surface area contributed by atoms with E-state index < -0.39 is 0 Å². The highest BCUT2D eigenvalue weighted by Gasteiger charge is 2.14. The van der Waals surface area contributed by atoms with Gasteiger partial charge in [0, 0.05) is 27.9 Å². The molecule has 0 saturated heterocycles. The Morgan fingerprint density at radius 2 is 1.64 bits per heavy atom. The minimum atomic E-state index is -0.136. The van der Waals surface area contributed by atoms with Gasteiger partial charge in [-0.1, -0.05) is 48.0 Å². The van der Waals surface area contributed by atoms with Crippen LogP contribution in [0.1, 0.15) is 20.8 Å². The first-order valence-electron chi connectivity index (χ1n) is 8.14. The summed E-state index contributed by atoms with van der Waals surface area (Å²) in [6, 6.07) is 19.5. The number of nitrogens with zero attached hydrogens (tertiary/aromatic N) is 2. The van der Waals surface area contributed by atoms with E-state index in [4.69, 9.17) is 11.6 Å². The number of halogens is 1. The van der Waals surface area contributed by atoms with Crippen LogP contribution in [-0.4, -0.2) is 15.5 Å². The van der Waals surface area contributed by atoms with Crippen LogP contribution in [0.3, 0.4) is 0 Å². The van der Waals surface area contributed by atoms with E-state index in [9.17, 15) is 0 Å². The smallest absolute Gasteiger partial charge is 0.225 e. The summed E-state index contributed by atoms with van der Waals surface area (Å²) in [5.41, 5.74) is 2.64. The Morgan fingerprint density at radius 1 is 0.880 bits per heavy atom. The summed E-state index contributed by atoms with van der Waals surface area (Å²) < 4.78 is 0.